The predicted molar refractivity (Wildman–Crippen MR) is 99.0 cm³/mol. The van der Waals surface area contributed by atoms with Crippen molar-refractivity contribution in [3.63, 3.8) is 0 Å². The number of ether oxygens (including phenoxy) is 1. The van der Waals surface area contributed by atoms with Gasteiger partial charge in [-0.3, -0.25) is 4.98 Å². The number of pyridine rings is 1. The molecule has 5 nitrogen and oxygen atoms in total. The standard InChI is InChI=1S/C19H16ClF3N4O/c1-11(13-6-4-7-14(16(13)21)17(22)23)26-18-15(9-25-19(20)27-18)28-10-12-5-2-3-8-24-12/h2-9,11,17H,10H2,1H3,(H,25,26,27)/t11-/m1/s1. The lowest BCUT2D eigenvalue weighted by molar-refractivity contribution is 0.146. The summed E-state index contributed by atoms with van der Waals surface area (Å²) >= 11 is 5.86. The molecule has 0 bridgehead atoms. The summed E-state index contributed by atoms with van der Waals surface area (Å²) in [6.45, 7) is 1.77. The Labute approximate surface area is 164 Å². The van der Waals surface area contributed by atoms with E-state index in [1.54, 1.807) is 25.3 Å². The number of nitrogens with zero attached hydrogens (tertiary/aromatic N) is 3. The van der Waals surface area contributed by atoms with E-state index in [-0.39, 0.29) is 29.0 Å². The highest BCUT2D eigenvalue weighted by atomic mass is 35.5. The second kappa shape index (κ2) is 8.88. The fourth-order valence-electron chi connectivity index (χ4n) is 2.55. The fraction of sp³-hybridized carbons (Fsp3) is 0.211. The quantitative estimate of drug-likeness (QED) is 0.534. The highest BCUT2D eigenvalue weighted by molar-refractivity contribution is 6.28. The molecule has 1 aromatic carbocycles. The lowest BCUT2D eigenvalue weighted by Gasteiger charge is -2.19. The van der Waals surface area contributed by atoms with Gasteiger partial charge in [0.15, 0.2) is 11.6 Å². The maximum absolute atomic E-state index is 14.4. The van der Waals surface area contributed by atoms with Crippen molar-refractivity contribution in [3.05, 3.63) is 76.7 Å². The summed E-state index contributed by atoms with van der Waals surface area (Å²) in [5, 5.41) is 2.90. The van der Waals surface area contributed by atoms with Crippen LogP contribution in [0.2, 0.25) is 5.28 Å². The van der Waals surface area contributed by atoms with Gasteiger partial charge < -0.3 is 10.1 Å². The van der Waals surface area contributed by atoms with E-state index in [1.807, 2.05) is 6.07 Å². The van der Waals surface area contributed by atoms with Crippen LogP contribution in [0.5, 0.6) is 5.75 Å². The van der Waals surface area contributed by atoms with E-state index in [2.05, 4.69) is 20.3 Å². The van der Waals surface area contributed by atoms with Gasteiger partial charge in [-0.1, -0.05) is 24.3 Å². The monoisotopic (exact) mass is 408 g/mol. The van der Waals surface area contributed by atoms with Crippen molar-refractivity contribution in [2.75, 3.05) is 5.32 Å². The minimum atomic E-state index is -2.90. The molecular formula is C19H16ClF3N4O. The molecule has 28 heavy (non-hydrogen) atoms. The predicted octanol–water partition coefficient (Wildman–Crippen LogP) is 5.35. The van der Waals surface area contributed by atoms with E-state index in [0.717, 1.165) is 6.07 Å². The summed E-state index contributed by atoms with van der Waals surface area (Å²) in [6, 6.07) is 8.58. The van der Waals surface area contributed by atoms with Crippen LogP contribution in [-0.2, 0) is 6.61 Å². The molecule has 3 rings (SSSR count). The highest BCUT2D eigenvalue weighted by Crippen LogP contribution is 2.31. The maximum atomic E-state index is 14.4. The van der Waals surface area contributed by atoms with E-state index in [1.165, 1.54) is 18.3 Å². The van der Waals surface area contributed by atoms with Crippen molar-refractivity contribution < 1.29 is 17.9 Å². The summed E-state index contributed by atoms with van der Waals surface area (Å²) in [5.74, 6) is -0.480. The van der Waals surface area contributed by atoms with Gasteiger partial charge in [-0.15, -0.1) is 0 Å². The van der Waals surface area contributed by atoms with Gasteiger partial charge in [0.25, 0.3) is 6.43 Å². The first-order valence-electron chi connectivity index (χ1n) is 8.34. The van der Waals surface area contributed by atoms with Gasteiger partial charge in [-0.25, -0.2) is 18.2 Å². The number of aromatic nitrogens is 3. The van der Waals surface area contributed by atoms with Gasteiger partial charge in [0.2, 0.25) is 5.28 Å². The molecule has 0 aliphatic carbocycles. The molecule has 1 atom stereocenters. The van der Waals surface area contributed by atoms with Gasteiger partial charge in [-0.2, -0.15) is 4.98 Å². The molecule has 3 aromatic rings. The van der Waals surface area contributed by atoms with Crippen molar-refractivity contribution in [1.82, 2.24) is 15.0 Å². The number of nitrogens with one attached hydrogen (secondary N) is 1. The number of hydrogen-bond acceptors (Lipinski definition) is 5. The largest absolute Gasteiger partial charge is 0.482 e. The van der Waals surface area contributed by atoms with E-state index in [9.17, 15) is 13.2 Å². The fourth-order valence-corrected chi connectivity index (χ4v) is 2.68. The average molecular weight is 409 g/mol. The van der Waals surface area contributed by atoms with Crippen LogP contribution in [0.1, 0.15) is 36.2 Å². The Hall–Kier alpha value is -2.87. The Kier molecular flexibility index (Phi) is 6.30. The Morgan fingerprint density at radius 1 is 1.11 bits per heavy atom. The van der Waals surface area contributed by atoms with Crippen LogP contribution in [0.25, 0.3) is 0 Å². The molecule has 0 aliphatic rings. The third kappa shape index (κ3) is 4.69. The third-order valence-electron chi connectivity index (χ3n) is 3.94. The van der Waals surface area contributed by atoms with Crippen LogP contribution in [-0.4, -0.2) is 15.0 Å². The maximum Gasteiger partial charge on any atom is 0.266 e. The number of benzene rings is 1. The van der Waals surface area contributed by atoms with Crippen LogP contribution in [0, 0.1) is 5.82 Å². The van der Waals surface area contributed by atoms with Crippen LogP contribution >= 0.6 is 11.6 Å². The van der Waals surface area contributed by atoms with Crippen LogP contribution in [0.3, 0.4) is 0 Å². The SMILES string of the molecule is C[C@@H](Nc1nc(Cl)ncc1OCc1ccccn1)c1cccc(C(F)F)c1F. The molecule has 0 amide bonds. The van der Waals surface area contributed by atoms with Crippen molar-refractivity contribution >= 4 is 17.4 Å². The Balaban J connectivity index is 1.81. The lowest BCUT2D eigenvalue weighted by Crippen LogP contribution is -2.13. The lowest BCUT2D eigenvalue weighted by atomic mass is 10.0. The summed E-state index contributed by atoms with van der Waals surface area (Å²) in [5.41, 5.74) is 0.105. The zero-order valence-electron chi connectivity index (χ0n) is 14.7. The second-order valence-electron chi connectivity index (χ2n) is 5.88. The molecule has 9 heteroatoms. The minimum Gasteiger partial charge on any atom is -0.482 e. The second-order valence-corrected chi connectivity index (χ2v) is 6.22. The van der Waals surface area contributed by atoms with Crippen molar-refractivity contribution in [2.45, 2.75) is 26.0 Å². The first kappa shape index (κ1) is 19.9. The summed E-state index contributed by atoms with van der Waals surface area (Å²) in [6.07, 6.45) is 0.106. The van der Waals surface area contributed by atoms with Gasteiger partial charge >= 0.3 is 0 Å². The Morgan fingerprint density at radius 2 is 1.89 bits per heavy atom. The average Bonchev–Trinajstić information content (AvgIpc) is 2.68. The zero-order chi connectivity index (χ0) is 20.1. The molecule has 0 saturated heterocycles. The molecule has 0 spiro atoms. The summed E-state index contributed by atoms with van der Waals surface area (Å²) in [4.78, 5) is 12.1. The topological polar surface area (TPSA) is 59.9 Å². The number of halogens is 4. The molecule has 0 fully saturated rings. The third-order valence-corrected chi connectivity index (χ3v) is 4.12. The smallest absolute Gasteiger partial charge is 0.266 e. The molecule has 146 valence electrons. The summed E-state index contributed by atoms with van der Waals surface area (Å²) < 4.78 is 46.0. The molecular weight excluding hydrogens is 393 g/mol. The van der Waals surface area contributed by atoms with E-state index < -0.39 is 23.8 Å². The van der Waals surface area contributed by atoms with Gasteiger partial charge in [0.05, 0.1) is 23.5 Å². The van der Waals surface area contributed by atoms with Crippen LogP contribution in [0.4, 0.5) is 19.0 Å². The van der Waals surface area contributed by atoms with Crippen LogP contribution in [0.15, 0.2) is 48.8 Å². The van der Waals surface area contributed by atoms with Gasteiger partial charge in [0, 0.05) is 11.8 Å². The minimum absolute atomic E-state index is 0.0401. The van der Waals surface area contributed by atoms with Crippen molar-refractivity contribution in [1.29, 1.82) is 0 Å². The highest BCUT2D eigenvalue weighted by Gasteiger charge is 2.20. The number of hydrogen-bond donors (Lipinski definition) is 1. The summed E-state index contributed by atoms with van der Waals surface area (Å²) in [7, 11) is 0. The first-order chi connectivity index (χ1) is 13.5. The number of alkyl halides is 2. The van der Waals surface area contributed by atoms with Gasteiger partial charge in [-0.05, 0) is 30.7 Å². The molecule has 0 aliphatic heterocycles. The van der Waals surface area contributed by atoms with Crippen molar-refractivity contribution in [2.24, 2.45) is 0 Å². The van der Waals surface area contributed by atoms with E-state index >= 15 is 0 Å². The molecule has 0 radical (unpaired) electrons. The molecule has 2 aromatic heterocycles. The van der Waals surface area contributed by atoms with Gasteiger partial charge in [0.1, 0.15) is 12.4 Å². The molecule has 0 saturated carbocycles. The molecule has 0 unspecified atom stereocenters. The van der Waals surface area contributed by atoms with Crippen molar-refractivity contribution in [3.8, 4) is 5.75 Å². The number of rotatable bonds is 7. The number of anilines is 1. The van der Waals surface area contributed by atoms with Crippen LogP contribution < -0.4 is 10.1 Å². The molecule has 2 heterocycles. The molecule has 1 N–H and O–H groups in total. The van der Waals surface area contributed by atoms with E-state index in [4.69, 9.17) is 16.3 Å². The zero-order valence-corrected chi connectivity index (χ0v) is 15.5. The first-order valence-corrected chi connectivity index (χ1v) is 8.71. The Bertz CT molecular complexity index is 944. The normalized spacial score (nSPS) is 12.1. The van der Waals surface area contributed by atoms with E-state index in [0.29, 0.717) is 5.69 Å². The Morgan fingerprint density at radius 3 is 2.61 bits per heavy atom.